The first kappa shape index (κ1) is 15.8. The van der Waals surface area contributed by atoms with Crippen molar-refractivity contribution in [3.8, 4) is 0 Å². The Morgan fingerprint density at radius 2 is 2.11 bits per heavy atom. The number of carbonyl (C=O) groups is 2. The Morgan fingerprint density at radius 3 is 2.63 bits per heavy atom. The van der Waals surface area contributed by atoms with Crippen molar-refractivity contribution in [2.45, 2.75) is 46.3 Å². The average molecular weight is 272 g/mol. The SMILES string of the molecule is CCC1COC(C)CN1C(=O)NCC(C)(C)C(=O)O. The fourth-order valence-corrected chi connectivity index (χ4v) is 1.90. The maximum Gasteiger partial charge on any atom is 0.317 e. The molecule has 6 heteroatoms. The number of amides is 2. The first-order valence-corrected chi connectivity index (χ1v) is 6.67. The topological polar surface area (TPSA) is 78.9 Å². The molecule has 0 aromatic heterocycles. The molecule has 6 nitrogen and oxygen atoms in total. The Labute approximate surface area is 114 Å². The van der Waals surface area contributed by atoms with Crippen LogP contribution in [0.1, 0.15) is 34.1 Å². The molecule has 1 heterocycles. The first-order valence-electron chi connectivity index (χ1n) is 6.67. The standard InChI is InChI=1S/C13H24N2O4/c1-5-10-7-19-9(2)6-15(10)12(18)14-8-13(3,4)11(16)17/h9-10H,5-8H2,1-4H3,(H,14,18)(H,16,17). The number of carboxylic acid groups (broad SMARTS) is 1. The van der Waals surface area contributed by atoms with Crippen molar-refractivity contribution in [2.75, 3.05) is 19.7 Å². The molecule has 2 unspecified atom stereocenters. The number of urea groups is 1. The maximum atomic E-state index is 12.1. The van der Waals surface area contributed by atoms with Gasteiger partial charge in [0.2, 0.25) is 0 Å². The highest BCUT2D eigenvalue weighted by atomic mass is 16.5. The van der Waals surface area contributed by atoms with Gasteiger partial charge in [0.25, 0.3) is 0 Å². The summed E-state index contributed by atoms with van der Waals surface area (Å²) >= 11 is 0. The number of nitrogens with one attached hydrogen (secondary N) is 1. The predicted molar refractivity (Wildman–Crippen MR) is 71.0 cm³/mol. The molecule has 0 aromatic rings. The molecule has 0 radical (unpaired) electrons. The molecule has 0 aromatic carbocycles. The molecule has 0 bridgehead atoms. The Kier molecular flexibility index (Phi) is 5.17. The van der Waals surface area contributed by atoms with Gasteiger partial charge in [0.05, 0.1) is 24.2 Å². The van der Waals surface area contributed by atoms with Crippen LogP contribution in [0.5, 0.6) is 0 Å². The molecular weight excluding hydrogens is 248 g/mol. The van der Waals surface area contributed by atoms with E-state index in [4.69, 9.17) is 9.84 Å². The van der Waals surface area contributed by atoms with Gasteiger partial charge in [0, 0.05) is 13.1 Å². The lowest BCUT2D eigenvalue weighted by molar-refractivity contribution is -0.146. The Morgan fingerprint density at radius 1 is 1.47 bits per heavy atom. The third-order valence-corrected chi connectivity index (χ3v) is 3.46. The van der Waals surface area contributed by atoms with Crippen LogP contribution >= 0.6 is 0 Å². The van der Waals surface area contributed by atoms with Gasteiger partial charge in [-0.15, -0.1) is 0 Å². The van der Waals surface area contributed by atoms with Crippen molar-refractivity contribution in [3.63, 3.8) is 0 Å². The molecule has 1 aliphatic heterocycles. The van der Waals surface area contributed by atoms with Gasteiger partial charge in [-0.3, -0.25) is 4.79 Å². The zero-order chi connectivity index (χ0) is 14.6. The highest BCUT2D eigenvalue weighted by molar-refractivity contribution is 5.77. The third-order valence-electron chi connectivity index (χ3n) is 3.46. The normalized spacial score (nSPS) is 24.1. The number of hydrogen-bond acceptors (Lipinski definition) is 3. The summed E-state index contributed by atoms with van der Waals surface area (Å²) in [5.41, 5.74) is -0.963. The average Bonchev–Trinajstić information content (AvgIpc) is 2.35. The summed E-state index contributed by atoms with van der Waals surface area (Å²) in [6, 6.07) is -0.152. The molecule has 2 atom stereocenters. The predicted octanol–water partition coefficient (Wildman–Crippen LogP) is 1.31. The number of hydrogen-bond donors (Lipinski definition) is 2. The Hall–Kier alpha value is -1.30. The lowest BCUT2D eigenvalue weighted by Gasteiger charge is -2.38. The van der Waals surface area contributed by atoms with E-state index in [1.54, 1.807) is 18.7 Å². The molecule has 2 amide bonds. The van der Waals surface area contributed by atoms with Gasteiger partial charge < -0.3 is 20.1 Å². The number of rotatable bonds is 4. The van der Waals surface area contributed by atoms with Gasteiger partial charge in [-0.05, 0) is 27.2 Å². The second-order valence-corrected chi connectivity index (χ2v) is 5.71. The van der Waals surface area contributed by atoms with Gasteiger partial charge in [-0.2, -0.15) is 0 Å². The van der Waals surface area contributed by atoms with Crippen molar-refractivity contribution >= 4 is 12.0 Å². The van der Waals surface area contributed by atoms with E-state index in [0.717, 1.165) is 6.42 Å². The highest BCUT2D eigenvalue weighted by Crippen LogP contribution is 2.16. The summed E-state index contributed by atoms with van der Waals surface area (Å²) in [5, 5.41) is 11.7. The van der Waals surface area contributed by atoms with Crippen LogP contribution in [-0.4, -0.2) is 53.8 Å². The minimum Gasteiger partial charge on any atom is -0.481 e. The molecule has 1 rings (SSSR count). The van der Waals surface area contributed by atoms with Crippen LogP contribution < -0.4 is 5.32 Å². The van der Waals surface area contributed by atoms with Crippen molar-refractivity contribution in [2.24, 2.45) is 5.41 Å². The van der Waals surface area contributed by atoms with E-state index in [2.05, 4.69) is 5.32 Å². The number of nitrogens with zero attached hydrogens (tertiary/aromatic N) is 1. The summed E-state index contributed by atoms with van der Waals surface area (Å²) in [5.74, 6) is -0.921. The molecule has 0 spiro atoms. The van der Waals surface area contributed by atoms with Gasteiger partial charge in [0.1, 0.15) is 0 Å². The zero-order valence-corrected chi connectivity index (χ0v) is 12.1. The van der Waals surface area contributed by atoms with E-state index >= 15 is 0 Å². The van der Waals surface area contributed by atoms with Gasteiger partial charge in [0.15, 0.2) is 0 Å². The number of morpholine rings is 1. The monoisotopic (exact) mass is 272 g/mol. The van der Waals surface area contributed by atoms with Gasteiger partial charge in [-0.1, -0.05) is 6.92 Å². The summed E-state index contributed by atoms with van der Waals surface area (Å²) in [7, 11) is 0. The van der Waals surface area contributed by atoms with E-state index < -0.39 is 11.4 Å². The minimum absolute atomic E-state index is 0.0148. The quantitative estimate of drug-likeness (QED) is 0.808. The van der Waals surface area contributed by atoms with Crippen molar-refractivity contribution in [1.82, 2.24) is 10.2 Å². The highest BCUT2D eigenvalue weighted by Gasteiger charge is 2.32. The Bertz CT molecular complexity index is 344. The molecule has 1 saturated heterocycles. The smallest absolute Gasteiger partial charge is 0.317 e. The van der Waals surface area contributed by atoms with E-state index in [1.807, 2.05) is 13.8 Å². The minimum atomic E-state index is -0.963. The molecule has 110 valence electrons. The largest absolute Gasteiger partial charge is 0.481 e. The number of carboxylic acids is 1. The van der Waals surface area contributed by atoms with Crippen LogP contribution in [0.15, 0.2) is 0 Å². The van der Waals surface area contributed by atoms with Crippen LogP contribution in [-0.2, 0) is 9.53 Å². The van der Waals surface area contributed by atoms with E-state index in [1.165, 1.54) is 0 Å². The summed E-state index contributed by atoms with van der Waals surface area (Å²) in [6.45, 7) is 8.30. The third kappa shape index (κ3) is 4.09. The maximum absolute atomic E-state index is 12.1. The van der Waals surface area contributed by atoms with Crippen LogP contribution in [0.3, 0.4) is 0 Å². The van der Waals surface area contributed by atoms with Crippen molar-refractivity contribution in [3.05, 3.63) is 0 Å². The molecule has 0 aliphatic carbocycles. The van der Waals surface area contributed by atoms with Gasteiger partial charge in [-0.25, -0.2) is 4.79 Å². The second kappa shape index (κ2) is 6.23. The van der Waals surface area contributed by atoms with Crippen LogP contribution in [0, 0.1) is 5.41 Å². The number of carbonyl (C=O) groups excluding carboxylic acids is 1. The lowest BCUT2D eigenvalue weighted by Crippen LogP contribution is -2.55. The lowest BCUT2D eigenvalue weighted by atomic mass is 9.94. The summed E-state index contributed by atoms with van der Waals surface area (Å²) in [4.78, 5) is 24.9. The molecule has 2 N–H and O–H groups in total. The Balaban J connectivity index is 2.58. The van der Waals surface area contributed by atoms with E-state index in [9.17, 15) is 9.59 Å². The molecular formula is C13H24N2O4. The molecule has 1 fully saturated rings. The van der Waals surface area contributed by atoms with E-state index in [0.29, 0.717) is 13.2 Å². The van der Waals surface area contributed by atoms with Crippen molar-refractivity contribution in [1.29, 1.82) is 0 Å². The number of aliphatic carboxylic acids is 1. The summed E-state index contributed by atoms with van der Waals surface area (Å²) < 4.78 is 5.53. The molecule has 19 heavy (non-hydrogen) atoms. The first-order chi connectivity index (χ1) is 8.77. The zero-order valence-electron chi connectivity index (χ0n) is 12.1. The van der Waals surface area contributed by atoms with E-state index in [-0.39, 0.29) is 24.7 Å². The van der Waals surface area contributed by atoms with Gasteiger partial charge >= 0.3 is 12.0 Å². The van der Waals surface area contributed by atoms with Crippen LogP contribution in [0.4, 0.5) is 4.79 Å². The fraction of sp³-hybridized carbons (Fsp3) is 0.846. The van der Waals surface area contributed by atoms with Crippen LogP contribution in [0.2, 0.25) is 0 Å². The molecule has 1 aliphatic rings. The number of ether oxygens (including phenoxy) is 1. The van der Waals surface area contributed by atoms with Crippen LogP contribution in [0.25, 0.3) is 0 Å². The second-order valence-electron chi connectivity index (χ2n) is 5.71. The summed E-state index contributed by atoms with van der Waals surface area (Å²) in [6.07, 6.45) is 0.837. The van der Waals surface area contributed by atoms with Crippen molar-refractivity contribution < 1.29 is 19.4 Å². The molecule has 0 saturated carbocycles. The fourth-order valence-electron chi connectivity index (χ4n) is 1.90.